The van der Waals surface area contributed by atoms with E-state index in [4.69, 9.17) is 4.74 Å². The van der Waals surface area contributed by atoms with Crippen LogP contribution >= 0.6 is 0 Å². The molecule has 0 aliphatic carbocycles. The second kappa shape index (κ2) is 7.75. The molecule has 2 aromatic carbocycles. The lowest BCUT2D eigenvalue weighted by atomic mass is 9.93. The Bertz CT molecular complexity index is 662. The second-order valence-corrected chi connectivity index (χ2v) is 6.06. The van der Waals surface area contributed by atoms with Crippen molar-refractivity contribution < 1.29 is 19.3 Å². The van der Waals surface area contributed by atoms with E-state index in [9.17, 15) is 14.6 Å². The number of hydrogen-bond acceptors (Lipinski definition) is 4. The molecule has 1 aliphatic heterocycles. The van der Waals surface area contributed by atoms with Gasteiger partial charge in [-0.15, -0.1) is 0 Å². The van der Waals surface area contributed by atoms with Crippen molar-refractivity contribution in [3.8, 4) is 5.75 Å². The van der Waals surface area contributed by atoms with E-state index in [0.29, 0.717) is 12.3 Å². The van der Waals surface area contributed by atoms with E-state index in [2.05, 4.69) is 11.0 Å². The van der Waals surface area contributed by atoms with Gasteiger partial charge < -0.3 is 14.9 Å². The van der Waals surface area contributed by atoms with Crippen LogP contribution in [0.25, 0.3) is 0 Å². The van der Waals surface area contributed by atoms with Crippen LogP contribution in [0, 0.1) is 5.82 Å². The lowest BCUT2D eigenvalue weighted by molar-refractivity contribution is 0.0334. The van der Waals surface area contributed by atoms with Gasteiger partial charge in [0.1, 0.15) is 24.3 Å². The van der Waals surface area contributed by atoms with Crippen molar-refractivity contribution in [2.24, 2.45) is 0 Å². The number of hydrogen-bond donors (Lipinski definition) is 2. The van der Waals surface area contributed by atoms with Crippen LogP contribution in [0.3, 0.4) is 0 Å². The van der Waals surface area contributed by atoms with E-state index in [0.717, 1.165) is 18.5 Å². The Hall–Kier alpha value is -1.95. The molecule has 4 nitrogen and oxygen atoms in total. The summed E-state index contributed by atoms with van der Waals surface area (Å²) in [6.45, 7) is 1.35. The molecule has 2 unspecified atom stereocenters. The molecule has 0 bridgehead atoms. The molecule has 0 saturated heterocycles. The fourth-order valence-electron chi connectivity index (χ4n) is 3.18. The monoisotopic (exact) mass is 331 g/mol. The van der Waals surface area contributed by atoms with Crippen molar-refractivity contribution in [3.05, 3.63) is 65.5 Å². The number of aliphatic hydroxyl groups excluding tert-OH is 2. The van der Waals surface area contributed by atoms with E-state index < -0.39 is 6.10 Å². The van der Waals surface area contributed by atoms with E-state index in [1.165, 1.54) is 29.8 Å². The quantitative estimate of drug-likeness (QED) is 0.852. The summed E-state index contributed by atoms with van der Waals surface area (Å²) in [6, 6.07) is 13.7. The van der Waals surface area contributed by atoms with Crippen molar-refractivity contribution >= 4 is 0 Å². The molecule has 2 N–H and O–H groups in total. The molecule has 2 atom stereocenters. The van der Waals surface area contributed by atoms with Crippen LogP contribution in [0.15, 0.2) is 48.5 Å². The minimum absolute atomic E-state index is 0.0164. The standard InChI is InChI=1S/C19H22FNO3/c20-15-5-7-17(8-6-15)24-13-16(23)11-21-10-9-14-3-1-2-4-18(14)19(21)12-22/h1-8,16,19,22-23H,9-13H2. The Morgan fingerprint density at radius 2 is 1.92 bits per heavy atom. The van der Waals surface area contributed by atoms with Gasteiger partial charge in [-0.3, -0.25) is 4.90 Å². The summed E-state index contributed by atoms with van der Waals surface area (Å²) in [7, 11) is 0. The third-order valence-electron chi connectivity index (χ3n) is 4.40. The average Bonchev–Trinajstić information content (AvgIpc) is 2.61. The maximum atomic E-state index is 12.9. The Balaban J connectivity index is 1.58. The minimum Gasteiger partial charge on any atom is -0.491 e. The molecule has 24 heavy (non-hydrogen) atoms. The Labute approximate surface area is 141 Å². The maximum Gasteiger partial charge on any atom is 0.123 e. The second-order valence-electron chi connectivity index (χ2n) is 6.06. The van der Waals surface area contributed by atoms with Crippen LogP contribution in [-0.2, 0) is 6.42 Å². The summed E-state index contributed by atoms with van der Waals surface area (Å²) in [6.07, 6.45) is 0.215. The highest BCUT2D eigenvalue weighted by Crippen LogP contribution is 2.29. The summed E-state index contributed by atoms with van der Waals surface area (Å²) < 4.78 is 18.4. The first kappa shape index (κ1) is 16.9. The van der Waals surface area contributed by atoms with Gasteiger partial charge in [-0.2, -0.15) is 0 Å². The zero-order valence-corrected chi connectivity index (χ0v) is 13.4. The predicted molar refractivity (Wildman–Crippen MR) is 89.4 cm³/mol. The molecule has 128 valence electrons. The Morgan fingerprint density at radius 1 is 1.17 bits per heavy atom. The van der Waals surface area contributed by atoms with Crippen molar-refractivity contribution in [2.45, 2.75) is 18.6 Å². The van der Waals surface area contributed by atoms with Gasteiger partial charge in [0.25, 0.3) is 0 Å². The van der Waals surface area contributed by atoms with Gasteiger partial charge in [0.15, 0.2) is 0 Å². The molecular weight excluding hydrogens is 309 g/mol. The van der Waals surface area contributed by atoms with E-state index in [1.54, 1.807) is 0 Å². The summed E-state index contributed by atoms with van der Waals surface area (Å²) in [4.78, 5) is 2.08. The van der Waals surface area contributed by atoms with Gasteiger partial charge in [-0.05, 0) is 41.8 Å². The molecule has 0 amide bonds. The highest BCUT2D eigenvalue weighted by molar-refractivity contribution is 5.32. The van der Waals surface area contributed by atoms with E-state index in [-0.39, 0.29) is 25.1 Å². The van der Waals surface area contributed by atoms with Crippen LogP contribution in [0.5, 0.6) is 5.75 Å². The van der Waals surface area contributed by atoms with Crippen molar-refractivity contribution in [2.75, 3.05) is 26.3 Å². The van der Waals surface area contributed by atoms with Crippen molar-refractivity contribution in [3.63, 3.8) is 0 Å². The fourth-order valence-corrected chi connectivity index (χ4v) is 3.18. The average molecular weight is 331 g/mol. The third kappa shape index (κ3) is 3.93. The van der Waals surface area contributed by atoms with Gasteiger partial charge in [0.2, 0.25) is 0 Å². The minimum atomic E-state index is -0.686. The smallest absolute Gasteiger partial charge is 0.123 e. The first-order chi connectivity index (χ1) is 11.7. The number of benzene rings is 2. The first-order valence-electron chi connectivity index (χ1n) is 8.16. The molecule has 2 aromatic rings. The SMILES string of the molecule is OCC1c2ccccc2CCN1CC(O)COc1ccc(F)cc1. The maximum absolute atomic E-state index is 12.9. The van der Waals surface area contributed by atoms with Crippen molar-refractivity contribution in [1.82, 2.24) is 4.90 Å². The van der Waals surface area contributed by atoms with Gasteiger partial charge >= 0.3 is 0 Å². The van der Waals surface area contributed by atoms with Crippen LogP contribution < -0.4 is 4.74 Å². The fraction of sp³-hybridized carbons (Fsp3) is 0.368. The summed E-state index contributed by atoms with van der Waals surface area (Å²) in [5.41, 5.74) is 2.38. The molecule has 1 aliphatic rings. The van der Waals surface area contributed by atoms with E-state index >= 15 is 0 Å². The number of halogens is 1. The number of aliphatic hydroxyl groups is 2. The van der Waals surface area contributed by atoms with Crippen LogP contribution in [-0.4, -0.2) is 47.5 Å². The number of β-amino-alcohol motifs (C(OH)–C–C–N with tert-alkyl or cyclic N) is 1. The summed E-state index contributed by atoms with van der Waals surface area (Å²) in [5.74, 6) is 0.207. The normalized spacial score (nSPS) is 18.9. The number of ether oxygens (including phenoxy) is 1. The summed E-state index contributed by atoms with van der Waals surface area (Å²) >= 11 is 0. The first-order valence-corrected chi connectivity index (χ1v) is 8.16. The topological polar surface area (TPSA) is 52.9 Å². The van der Waals surface area contributed by atoms with E-state index in [1.807, 2.05) is 18.2 Å². The predicted octanol–water partition coefficient (Wildman–Crippen LogP) is 2.16. The molecule has 0 spiro atoms. The van der Waals surface area contributed by atoms with Gasteiger partial charge in [-0.25, -0.2) is 4.39 Å². The lowest BCUT2D eigenvalue weighted by Gasteiger charge is -2.37. The number of fused-ring (bicyclic) bond motifs is 1. The Kier molecular flexibility index (Phi) is 5.45. The zero-order chi connectivity index (χ0) is 16.9. The molecule has 3 rings (SSSR count). The van der Waals surface area contributed by atoms with Gasteiger partial charge in [-0.1, -0.05) is 24.3 Å². The Morgan fingerprint density at radius 3 is 2.67 bits per heavy atom. The van der Waals surface area contributed by atoms with Gasteiger partial charge in [0.05, 0.1) is 12.6 Å². The van der Waals surface area contributed by atoms with Crippen LogP contribution in [0.4, 0.5) is 4.39 Å². The lowest BCUT2D eigenvalue weighted by Crippen LogP contribution is -2.43. The third-order valence-corrected chi connectivity index (χ3v) is 4.40. The van der Waals surface area contributed by atoms with Crippen LogP contribution in [0.1, 0.15) is 17.2 Å². The highest BCUT2D eigenvalue weighted by atomic mass is 19.1. The molecule has 0 fully saturated rings. The molecule has 5 heteroatoms. The summed E-state index contributed by atoms with van der Waals surface area (Å²) in [5, 5.41) is 20.0. The largest absolute Gasteiger partial charge is 0.491 e. The highest BCUT2D eigenvalue weighted by Gasteiger charge is 2.27. The number of rotatable bonds is 6. The molecule has 0 saturated carbocycles. The van der Waals surface area contributed by atoms with Crippen molar-refractivity contribution in [1.29, 1.82) is 0 Å². The molecule has 0 aromatic heterocycles. The van der Waals surface area contributed by atoms with Gasteiger partial charge in [0, 0.05) is 13.1 Å². The molecule has 0 radical (unpaired) electrons. The molecular formula is C19H22FNO3. The van der Waals surface area contributed by atoms with Crippen LogP contribution in [0.2, 0.25) is 0 Å². The zero-order valence-electron chi connectivity index (χ0n) is 13.4. The number of nitrogens with zero attached hydrogens (tertiary/aromatic N) is 1. The molecule has 1 heterocycles.